The highest BCUT2D eigenvalue weighted by atomic mass is 31.2. The summed E-state index contributed by atoms with van der Waals surface area (Å²) in [6, 6.07) is -0.911. The number of hydrogen-bond donors (Lipinski definition) is 2. The van der Waals surface area contributed by atoms with Crippen molar-refractivity contribution in [2.75, 3.05) is 40.9 Å². The van der Waals surface area contributed by atoms with Crippen LogP contribution in [0.15, 0.2) is 85.1 Å². The lowest BCUT2D eigenvalue weighted by molar-refractivity contribution is -0.870. The number of unbranched alkanes of at least 4 members (excludes halogenated alkanes) is 38. The number of nitrogens with zero attached hydrogens (tertiary/aromatic N) is 1. The fourth-order valence-electron chi connectivity index (χ4n) is 10.0. The van der Waals surface area contributed by atoms with Gasteiger partial charge in [-0.05, 0) is 83.5 Å². The SMILES string of the molecule is CC/C=C\C/C=C\C/C=C\C/C=C\CCCCCCCCCCCCCCCCCCCCCCCCCCCCCCC(=O)NC(COP(=O)([O-])OCC[N+](C)(C)C)C(O)/C=C/CC/C=C/CC/C=C/CCCCCCCCCC. The largest absolute Gasteiger partial charge is 0.756 e. The highest BCUT2D eigenvalue weighted by molar-refractivity contribution is 7.45. The van der Waals surface area contributed by atoms with Gasteiger partial charge in [-0.1, -0.05) is 311 Å². The molecule has 1 amide bonds. The summed E-state index contributed by atoms with van der Waals surface area (Å²) in [6.07, 6.45) is 88.7. The first-order chi connectivity index (χ1) is 39.5. The van der Waals surface area contributed by atoms with Crippen LogP contribution in [-0.2, 0) is 18.4 Å². The predicted octanol–water partition coefficient (Wildman–Crippen LogP) is 21.3. The molecule has 0 saturated heterocycles. The van der Waals surface area contributed by atoms with Crippen LogP contribution in [0.5, 0.6) is 0 Å². The number of hydrogen-bond acceptors (Lipinski definition) is 6. The number of carbonyl (C=O) groups excluding carboxylic acids is 1. The minimum atomic E-state index is -4.61. The molecule has 81 heavy (non-hydrogen) atoms. The summed E-state index contributed by atoms with van der Waals surface area (Å²) in [4.78, 5) is 25.6. The zero-order valence-electron chi connectivity index (χ0n) is 54.0. The van der Waals surface area contributed by atoms with E-state index in [-0.39, 0.29) is 12.5 Å². The summed E-state index contributed by atoms with van der Waals surface area (Å²) < 4.78 is 23.4. The van der Waals surface area contributed by atoms with E-state index in [0.717, 1.165) is 70.6 Å². The van der Waals surface area contributed by atoms with Crippen molar-refractivity contribution in [2.45, 2.75) is 328 Å². The van der Waals surface area contributed by atoms with E-state index >= 15 is 0 Å². The van der Waals surface area contributed by atoms with Crippen LogP contribution in [0.4, 0.5) is 0 Å². The molecule has 0 aromatic heterocycles. The van der Waals surface area contributed by atoms with E-state index in [9.17, 15) is 19.4 Å². The van der Waals surface area contributed by atoms with E-state index in [1.807, 2.05) is 27.2 Å². The molecule has 0 bridgehead atoms. The van der Waals surface area contributed by atoms with E-state index in [1.54, 1.807) is 6.08 Å². The lowest BCUT2D eigenvalue weighted by Crippen LogP contribution is -2.45. The highest BCUT2D eigenvalue weighted by Crippen LogP contribution is 2.38. The van der Waals surface area contributed by atoms with Gasteiger partial charge in [0.25, 0.3) is 7.82 Å². The van der Waals surface area contributed by atoms with Gasteiger partial charge in [0.2, 0.25) is 5.91 Å². The monoisotopic (exact) mass is 1150 g/mol. The summed E-state index contributed by atoms with van der Waals surface area (Å²) in [6.45, 7) is 4.53. The molecule has 0 aromatic rings. The van der Waals surface area contributed by atoms with Crippen LogP contribution in [0, 0.1) is 0 Å². The van der Waals surface area contributed by atoms with Crippen molar-refractivity contribution in [3.05, 3.63) is 85.1 Å². The minimum Gasteiger partial charge on any atom is -0.756 e. The van der Waals surface area contributed by atoms with E-state index in [1.165, 1.54) is 225 Å². The van der Waals surface area contributed by atoms with E-state index in [2.05, 4.69) is 92.1 Å². The predicted molar refractivity (Wildman–Crippen MR) is 353 cm³/mol. The maximum atomic E-state index is 13.0. The number of allylic oxidation sites excluding steroid dienone is 13. The number of phosphoric acid groups is 1. The summed E-state index contributed by atoms with van der Waals surface area (Å²) in [5, 5.41) is 13.9. The molecule has 0 radical (unpaired) electrons. The molecule has 9 heteroatoms. The maximum absolute atomic E-state index is 13.0. The van der Waals surface area contributed by atoms with Gasteiger partial charge in [0, 0.05) is 6.42 Å². The highest BCUT2D eigenvalue weighted by Gasteiger charge is 2.23. The van der Waals surface area contributed by atoms with Gasteiger partial charge in [-0.2, -0.15) is 0 Å². The molecule has 8 nitrogen and oxygen atoms in total. The molecule has 0 spiro atoms. The van der Waals surface area contributed by atoms with Gasteiger partial charge in [-0.15, -0.1) is 0 Å². The minimum absolute atomic E-state index is 0.00937. The topological polar surface area (TPSA) is 108 Å². The maximum Gasteiger partial charge on any atom is 0.268 e. The third-order valence-electron chi connectivity index (χ3n) is 15.3. The van der Waals surface area contributed by atoms with Gasteiger partial charge in [-0.3, -0.25) is 9.36 Å². The Labute approximate surface area is 503 Å². The Morgan fingerprint density at radius 1 is 0.444 bits per heavy atom. The van der Waals surface area contributed by atoms with Crippen molar-refractivity contribution in [3.8, 4) is 0 Å². The third-order valence-corrected chi connectivity index (χ3v) is 16.3. The molecule has 0 fully saturated rings. The quantitative estimate of drug-likeness (QED) is 0.0272. The summed E-state index contributed by atoms with van der Waals surface area (Å²) in [5.74, 6) is -0.207. The molecular weight excluding hydrogens is 1020 g/mol. The van der Waals surface area contributed by atoms with Crippen LogP contribution in [0.1, 0.15) is 316 Å². The lowest BCUT2D eigenvalue weighted by Gasteiger charge is -2.29. The number of carbonyl (C=O) groups is 1. The van der Waals surface area contributed by atoms with Crippen molar-refractivity contribution >= 4 is 13.7 Å². The summed E-state index contributed by atoms with van der Waals surface area (Å²) in [7, 11) is 1.24. The van der Waals surface area contributed by atoms with Crippen molar-refractivity contribution in [1.82, 2.24) is 5.32 Å². The first-order valence-electron chi connectivity index (χ1n) is 34.4. The second kappa shape index (κ2) is 62.2. The zero-order chi connectivity index (χ0) is 59.1. The second-order valence-electron chi connectivity index (χ2n) is 24.5. The molecule has 472 valence electrons. The van der Waals surface area contributed by atoms with Gasteiger partial charge in [-0.25, -0.2) is 0 Å². The number of likely N-dealkylation sites (N-methyl/N-ethyl adjacent to an activating group) is 1. The molecule has 0 aliphatic rings. The Hall–Kier alpha value is -2.32. The fourth-order valence-corrected chi connectivity index (χ4v) is 10.7. The van der Waals surface area contributed by atoms with E-state index < -0.39 is 26.6 Å². The average Bonchev–Trinajstić information content (AvgIpc) is 3.43. The number of rotatable bonds is 63. The van der Waals surface area contributed by atoms with Crippen LogP contribution in [0.3, 0.4) is 0 Å². The molecule has 3 unspecified atom stereocenters. The van der Waals surface area contributed by atoms with Crippen LogP contribution < -0.4 is 10.2 Å². The Morgan fingerprint density at radius 3 is 1.15 bits per heavy atom. The summed E-state index contributed by atoms with van der Waals surface area (Å²) in [5.41, 5.74) is 0. The molecule has 2 N–H and O–H groups in total. The Morgan fingerprint density at radius 2 is 0.765 bits per heavy atom. The van der Waals surface area contributed by atoms with Gasteiger partial charge in [0.1, 0.15) is 13.2 Å². The van der Waals surface area contributed by atoms with Crippen molar-refractivity contribution in [1.29, 1.82) is 0 Å². The number of nitrogens with one attached hydrogen (secondary N) is 1. The number of aliphatic hydroxyl groups is 1. The number of amides is 1. The fraction of sp³-hybridized carbons (Fsp3) is 0.792. The molecule has 0 aliphatic heterocycles. The van der Waals surface area contributed by atoms with E-state index in [4.69, 9.17) is 9.05 Å². The van der Waals surface area contributed by atoms with Crippen LogP contribution >= 0.6 is 7.82 Å². The molecule has 0 heterocycles. The Bertz CT molecular complexity index is 1600. The molecule has 0 saturated carbocycles. The van der Waals surface area contributed by atoms with Crippen LogP contribution in [0.25, 0.3) is 0 Å². The van der Waals surface area contributed by atoms with Crippen molar-refractivity contribution < 1.29 is 32.9 Å². The van der Waals surface area contributed by atoms with Crippen molar-refractivity contribution in [2.24, 2.45) is 0 Å². The normalized spacial score (nSPS) is 14.2. The number of phosphoric ester groups is 1. The number of quaternary nitrogens is 1. The third kappa shape index (κ3) is 65.1. The lowest BCUT2D eigenvalue weighted by atomic mass is 10.0. The average molecular weight is 1150 g/mol. The van der Waals surface area contributed by atoms with Crippen molar-refractivity contribution in [3.63, 3.8) is 0 Å². The first kappa shape index (κ1) is 78.7. The Balaban J connectivity index is 3.93. The zero-order valence-corrected chi connectivity index (χ0v) is 54.9. The molecule has 0 aliphatic carbocycles. The Kier molecular flexibility index (Phi) is 60.4. The second-order valence-corrected chi connectivity index (χ2v) is 25.9. The van der Waals surface area contributed by atoms with Gasteiger partial charge < -0.3 is 28.8 Å². The molecular formula is C72H133N2O6P. The standard InChI is InChI=1S/C72H133N2O6P/c1-6-8-10-12-14-16-18-20-22-24-26-27-28-29-30-31-32-33-34-35-36-37-38-39-40-41-42-43-44-45-46-47-48-50-52-54-56-58-60-62-64-66-72(76)73-70(69-80-81(77,78)79-68-67-74(3,4)5)71(75)65-63-61-59-57-55-53-51-49-25-23-21-19-17-15-13-11-9-7-2/h8,10,14,16,20,22,25-27,49,55,57,63,65,70-71,75H,6-7,9,11-13,15,17-19,21,23-24,28-48,50-54,56,58-62,64,66-69H2,1-5H3,(H-,73,76,77,78)/b10-8-,16-14-,22-20-,27-26-,49-25+,57-55+,65-63+. The van der Waals surface area contributed by atoms with Gasteiger partial charge in [0.05, 0.1) is 39.9 Å². The van der Waals surface area contributed by atoms with Gasteiger partial charge in [0.15, 0.2) is 0 Å². The molecule has 0 aromatic carbocycles. The van der Waals surface area contributed by atoms with E-state index in [0.29, 0.717) is 17.4 Å². The molecule has 3 atom stereocenters. The van der Waals surface area contributed by atoms with Crippen LogP contribution in [-0.4, -0.2) is 68.5 Å². The van der Waals surface area contributed by atoms with Crippen LogP contribution in [0.2, 0.25) is 0 Å². The van der Waals surface area contributed by atoms with Gasteiger partial charge >= 0.3 is 0 Å². The number of aliphatic hydroxyl groups excluding tert-OH is 1. The smallest absolute Gasteiger partial charge is 0.268 e. The molecule has 0 rings (SSSR count). The first-order valence-corrected chi connectivity index (χ1v) is 35.9. The summed E-state index contributed by atoms with van der Waals surface area (Å²) >= 11 is 0.